The van der Waals surface area contributed by atoms with Crippen LogP contribution in [0.3, 0.4) is 0 Å². The third-order valence-electron chi connectivity index (χ3n) is 9.39. The van der Waals surface area contributed by atoms with Crippen molar-refractivity contribution in [1.82, 2.24) is 19.7 Å². The highest BCUT2D eigenvalue weighted by molar-refractivity contribution is 7.09. The minimum absolute atomic E-state index is 0.0462. The molecule has 3 rings (SSSR count). The molecule has 1 aliphatic rings. The fraction of sp³-hybridized carbons (Fsp3) is 0.595. The molecule has 1 aromatic carbocycles. The number of likely N-dealkylation sites (tertiary alicyclic amines) is 1. The molecule has 0 bridgehead atoms. The summed E-state index contributed by atoms with van der Waals surface area (Å²) in [6.45, 7) is 10.3. The van der Waals surface area contributed by atoms with Crippen LogP contribution in [0.15, 0.2) is 47.7 Å². The highest BCUT2D eigenvalue weighted by atomic mass is 32.1. The maximum Gasteiger partial charge on any atom is 0.246 e. The molecular formula is C37H54N4O6S. The van der Waals surface area contributed by atoms with Gasteiger partial charge in [0.05, 0.1) is 26.0 Å². The second-order valence-electron chi connectivity index (χ2n) is 13.3. The Morgan fingerprint density at radius 3 is 2.31 bits per heavy atom. The Labute approximate surface area is 290 Å². The van der Waals surface area contributed by atoms with Gasteiger partial charge in [0, 0.05) is 50.6 Å². The van der Waals surface area contributed by atoms with Gasteiger partial charge in [0.1, 0.15) is 22.8 Å². The van der Waals surface area contributed by atoms with E-state index in [4.69, 9.17) is 9.47 Å². The number of hydrogen-bond donors (Lipinski definition) is 0. The molecule has 0 radical (unpaired) electrons. The summed E-state index contributed by atoms with van der Waals surface area (Å²) in [5, 5.41) is 2.83. The van der Waals surface area contributed by atoms with Crippen LogP contribution in [0.1, 0.15) is 83.3 Å². The molecular weight excluding hydrogens is 628 g/mol. The standard InChI is InChI=1S/C37H54N4O6S/c1-10-25(4)33(37(45)41-18-11-12-31(41)34-38-17-19-48-34)40(7)36(44)32(20-24(2)3)39(6)35(43)28(23-29(42)21-26(5)46-8)22-27-13-15-30(47-9)16-14-27/h13-17,19,21,24-25,28,31-33H,10-12,18,20,22-23H2,1-9H3/b26-21+/t25-,28+,31-,32-,33-/m0/s1. The molecule has 11 heteroatoms. The predicted octanol–water partition coefficient (Wildman–Crippen LogP) is 5.93. The van der Waals surface area contributed by atoms with Crippen LogP contribution in [0.4, 0.5) is 0 Å². The molecule has 1 fully saturated rings. The minimum atomic E-state index is -0.820. The van der Waals surface area contributed by atoms with Gasteiger partial charge in [-0.3, -0.25) is 19.2 Å². The van der Waals surface area contributed by atoms with Crippen LogP contribution in [0.25, 0.3) is 0 Å². The van der Waals surface area contributed by atoms with E-state index in [2.05, 4.69) is 4.98 Å². The van der Waals surface area contributed by atoms with E-state index in [0.717, 1.165) is 23.4 Å². The first-order chi connectivity index (χ1) is 22.8. The molecule has 0 aliphatic carbocycles. The van der Waals surface area contributed by atoms with Crippen molar-refractivity contribution < 1.29 is 28.7 Å². The topological polar surface area (TPSA) is 109 Å². The number of aromatic nitrogens is 1. The zero-order chi connectivity index (χ0) is 35.5. The number of carbonyl (C=O) groups is 4. The monoisotopic (exact) mass is 682 g/mol. The Morgan fingerprint density at radius 2 is 1.75 bits per heavy atom. The second-order valence-corrected chi connectivity index (χ2v) is 14.2. The molecule has 1 saturated heterocycles. The van der Waals surface area contributed by atoms with Gasteiger partial charge < -0.3 is 24.2 Å². The summed E-state index contributed by atoms with van der Waals surface area (Å²) in [6, 6.07) is 5.79. The van der Waals surface area contributed by atoms with Crippen molar-refractivity contribution in [2.45, 2.75) is 91.3 Å². The highest BCUT2D eigenvalue weighted by Gasteiger charge is 2.42. The van der Waals surface area contributed by atoms with E-state index in [1.165, 1.54) is 18.1 Å². The fourth-order valence-electron chi connectivity index (χ4n) is 6.44. The summed E-state index contributed by atoms with van der Waals surface area (Å²) >= 11 is 1.54. The summed E-state index contributed by atoms with van der Waals surface area (Å²) in [7, 11) is 6.41. The van der Waals surface area contributed by atoms with Gasteiger partial charge in [0.25, 0.3) is 0 Å². The van der Waals surface area contributed by atoms with Crippen LogP contribution in [0.2, 0.25) is 0 Å². The van der Waals surface area contributed by atoms with Gasteiger partial charge in [0.2, 0.25) is 17.7 Å². The predicted molar refractivity (Wildman–Crippen MR) is 188 cm³/mol. The Kier molecular flexibility index (Phi) is 14.6. The minimum Gasteiger partial charge on any atom is -0.501 e. The maximum absolute atomic E-state index is 14.5. The normalized spacial score (nSPS) is 17.4. The third-order valence-corrected chi connectivity index (χ3v) is 10.3. The molecule has 1 aromatic heterocycles. The molecule has 0 unspecified atom stereocenters. The first-order valence-corrected chi connectivity index (χ1v) is 17.8. The van der Waals surface area contributed by atoms with Gasteiger partial charge in [-0.25, -0.2) is 4.98 Å². The number of thiazole rings is 1. The number of benzene rings is 1. The average molecular weight is 683 g/mol. The van der Waals surface area contributed by atoms with Gasteiger partial charge in [-0.15, -0.1) is 11.3 Å². The molecule has 2 aromatic rings. The van der Waals surface area contributed by atoms with Crippen molar-refractivity contribution >= 4 is 34.8 Å². The number of hydrogen-bond acceptors (Lipinski definition) is 8. The van der Waals surface area contributed by atoms with Gasteiger partial charge in [0.15, 0.2) is 5.78 Å². The van der Waals surface area contributed by atoms with Crippen molar-refractivity contribution in [3.63, 3.8) is 0 Å². The van der Waals surface area contributed by atoms with E-state index in [9.17, 15) is 19.2 Å². The van der Waals surface area contributed by atoms with E-state index in [1.807, 2.05) is 62.2 Å². The lowest BCUT2D eigenvalue weighted by molar-refractivity contribution is -0.153. The van der Waals surface area contributed by atoms with Crippen molar-refractivity contribution in [3.8, 4) is 5.75 Å². The van der Waals surface area contributed by atoms with Crippen LogP contribution in [0.5, 0.6) is 5.75 Å². The maximum atomic E-state index is 14.5. The van der Waals surface area contributed by atoms with Gasteiger partial charge in [-0.05, 0) is 62.1 Å². The number of methoxy groups -OCH3 is 2. The SMILES string of the molecule is CC[C@H](C)[C@@H](C(=O)N1CCC[C@H]1c1nccs1)N(C)C(=O)[C@H](CC(C)C)N(C)C(=O)[C@@H](CC(=O)/C=C(\C)OC)Cc1ccc(OC)cc1. The number of amides is 3. The molecule has 0 saturated carbocycles. The Hall–Kier alpha value is -3.73. The van der Waals surface area contributed by atoms with Gasteiger partial charge in [-0.2, -0.15) is 0 Å². The van der Waals surface area contributed by atoms with Crippen molar-refractivity contribution in [1.29, 1.82) is 0 Å². The Bertz CT molecular complexity index is 1390. The zero-order valence-electron chi connectivity index (χ0n) is 30.1. The highest BCUT2D eigenvalue weighted by Crippen LogP contribution is 2.35. The number of allylic oxidation sites excluding steroid dienone is 2. The summed E-state index contributed by atoms with van der Waals surface area (Å²) < 4.78 is 10.5. The van der Waals surface area contributed by atoms with E-state index in [1.54, 1.807) is 50.6 Å². The van der Waals surface area contributed by atoms with Gasteiger partial charge in [-0.1, -0.05) is 46.2 Å². The van der Waals surface area contributed by atoms with Crippen LogP contribution >= 0.6 is 11.3 Å². The van der Waals surface area contributed by atoms with Crippen LogP contribution in [-0.4, -0.2) is 90.1 Å². The molecule has 10 nitrogen and oxygen atoms in total. The molecule has 1 aliphatic heterocycles. The first kappa shape index (κ1) is 38.7. The lowest BCUT2D eigenvalue weighted by Crippen LogP contribution is -2.57. The van der Waals surface area contributed by atoms with Crippen LogP contribution in [-0.2, 0) is 30.3 Å². The molecule has 0 spiro atoms. The lowest BCUT2D eigenvalue weighted by Gasteiger charge is -2.40. The first-order valence-electron chi connectivity index (χ1n) is 16.9. The molecule has 264 valence electrons. The Morgan fingerprint density at radius 1 is 1.06 bits per heavy atom. The van der Waals surface area contributed by atoms with E-state index >= 15 is 0 Å². The smallest absolute Gasteiger partial charge is 0.246 e. The van der Waals surface area contributed by atoms with E-state index < -0.39 is 18.0 Å². The second kappa shape index (κ2) is 18.1. The lowest BCUT2D eigenvalue weighted by atomic mass is 9.90. The summed E-state index contributed by atoms with van der Waals surface area (Å²) in [5.74, 6) is -0.508. The van der Waals surface area contributed by atoms with Crippen LogP contribution < -0.4 is 4.74 Å². The van der Waals surface area contributed by atoms with Crippen molar-refractivity contribution in [2.75, 3.05) is 34.9 Å². The summed E-state index contributed by atoms with van der Waals surface area (Å²) in [5.41, 5.74) is 0.870. The fourth-order valence-corrected chi connectivity index (χ4v) is 7.22. The average Bonchev–Trinajstić information content (AvgIpc) is 3.79. The molecule has 48 heavy (non-hydrogen) atoms. The number of likely N-dealkylation sites (N-methyl/N-ethyl adjacent to an activating group) is 2. The quantitative estimate of drug-likeness (QED) is 0.150. The molecule has 5 atom stereocenters. The van der Waals surface area contributed by atoms with Crippen molar-refractivity contribution in [3.05, 3.63) is 58.2 Å². The number of ether oxygens (including phenoxy) is 2. The van der Waals surface area contributed by atoms with Crippen LogP contribution in [0, 0.1) is 17.8 Å². The van der Waals surface area contributed by atoms with E-state index in [-0.39, 0.29) is 47.8 Å². The number of ketones is 1. The third kappa shape index (κ3) is 9.90. The molecule has 0 N–H and O–H groups in total. The largest absolute Gasteiger partial charge is 0.501 e. The Balaban J connectivity index is 1.93. The summed E-state index contributed by atoms with van der Waals surface area (Å²) in [6.07, 6.45) is 6.24. The van der Waals surface area contributed by atoms with E-state index in [0.29, 0.717) is 37.3 Å². The molecule has 2 heterocycles. The summed E-state index contributed by atoms with van der Waals surface area (Å²) in [4.78, 5) is 65.7. The number of rotatable bonds is 17. The van der Waals surface area contributed by atoms with Crippen molar-refractivity contribution in [2.24, 2.45) is 17.8 Å². The molecule has 3 amide bonds. The number of nitrogens with zero attached hydrogens (tertiary/aromatic N) is 4. The number of carbonyl (C=O) groups excluding carboxylic acids is 4. The zero-order valence-corrected chi connectivity index (χ0v) is 30.9. The van der Waals surface area contributed by atoms with Gasteiger partial charge >= 0.3 is 0 Å².